The van der Waals surface area contributed by atoms with Gasteiger partial charge in [0.05, 0.1) is 5.51 Å². The molecule has 1 N–H and O–H groups in total. The number of rotatable bonds is 4. The maximum absolute atomic E-state index is 4.18. The van der Waals surface area contributed by atoms with Crippen molar-refractivity contribution in [3.05, 3.63) is 16.6 Å². The van der Waals surface area contributed by atoms with Gasteiger partial charge in [-0.3, -0.25) is 9.88 Å². The fourth-order valence-corrected chi connectivity index (χ4v) is 3.26. The zero-order chi connectivity index (χ0) is 11.4. The lowest BCUT2D eigenvalue weighted by molar-refractivity contribution is 0.130. The molecule has 1 saturated heterocycles. The molecule has 16 heavy (non-hydrogen) atoms. The quantitative estimate of drug-likeness (QED) is 0.873. The van der Waals surface area contributed by atoms with Crippen LogP contribution in [0.15, 0.2) is 11.7 Å². The minimum atomic E-state index is 0.502. The minimum Gasteiger partial charge on any atom is -0.315 e. The lowest BCUT2D eigenvalue weighted by atomic mass is 10.0. The third kappa shape index (κ3) is 2.62. The van der Waals surface area contributed by atoms with E-state index < -0.39 is 0 Å². The molecule has 1 aromatic rings. The van der Waals surface area contributed by atoms with Crippen molar-refractivity contribution < 1.29 is 0 Å². The van der Waals surface area contributed by atoms with Crippen molar-refractivity contribution in [1.29, 1.82) is 0 Å². The van der Waals surface area contributed by atoms with Crippen LogP contribution in [0.5, 0.6) is 0 Å². The average molecular weight is 239 g/mol. The van der Waals surface area contributed by atoms with Gasteiger partial charge >= 0.3 is 0 Å². The smallest absolute Gasteiger partial charge is 0.0794 e. The number of piperidine rings is 1. The molecule has 90 valence electrons. The summed E-state index contributed by atoms with van der Waals surface area (Å²) in [5.74, 6) is 0. The Morgan fingerprint density at radius 2 is 2.56 bits per heavy atom. The number of nitrogens with one attached hydrogen (secondary N) is 1. The first-order valence-electron chi connectivity index (χ1n) is 6.17. The Hall–Kier alpha value is -0.450. The summed E-state index contributed by atoms with van der Waals surface area (Å²) < 4.78 is 0. The Morgan fingerprint density at radius 3 is 3.12 bits per heavy atom. The van der Waals surface area contributed by atoms with Crippen LogP contribution in [-0.4, -0.2) is 35.6 Å². The van der Waals surface area contributed by atoms with Gasteiger partial charge in [0.1, 0.15) is 0 Å². The molecule has 1 aliphatic rings. The summed E-state index contributed by atoms with van der Waals surface area (Å²) in [6.07, 6.45) is 4.63. The van der Waals surface area contributed by atoms with E-state index in [2.05, 4.69) is 29.0 Å². The van der Waals surface area contributed by atoms with E-state index in [0.717, 1.165) is 13.1 Å². The molecule has 1 aromatic heterocycles. The molecule has 2 unspecified atom stereocenters. The summed E-state index contributed by atoms with van der Waals surface area (Å²) in [5.41, 5.74) is 1.93. The van der Waals surface area contributed by atoms with E-state index in [1.807, 2.05) is 11.7 Å². The highest BCUT2D eigenvalue weighted by Gasteiger charge is 2.25. The van der Waals surface area contributed by atoms with Gasteiger partial charge in [-0.15, -0.1) is 11.3 Å². The Labute approximate surface area is 102 Å². The zero-order valence-corrected chi connectivity index (χ0v) is 11.0. The third-order valence-corrected chi connectivity index (χ3v) is 4.41. The van der Waals surface area contributed by atoms with Crippen LogP contribution in [0.2, 0.25) is 0 Å². The van der Waals surface area contributed by atoms with Gasteiger partial charge < -0.3 is 5.32 Å². The first-order chi connectivity index (χ1) is 7.83. The van der Waals surface area contributed by atoms with Crippen LogP contribution in [-0.2, 0) is 0 Å². The molecule has 2 atom stereocenters. The largest absolute Gasteiger partial charge is 0.315 e. The van der Waals surface area contributed by atoms with Crippen molar-refractivity contribution in [2.45, 2.75) is 38.8 Å². The van der Waals surface area contributed by atoms with Crippen molar-refractivity contribution in [1.82, 2.24) is 15.2 Å². The normalized spacial score (nSPS) is 23.6. The van der Waals surface area contributed by atoms with E-state index >= 15 is 0 Å². The molecule has 3 nitrogen and oxygen atoms in total. The predicted molar refractivity (Wildman–Crippen MR) is 68.8 cm³/mol. The van der Waals surface area contributed by atoms with E-state index in [0.29, 0.717) is 12.1 Å². The van der Waals surface area contributed by atoms with Crippen molar-refractivity contribution in [3.8, 4) is 0 Å². The highest BCUT2D eigenvalue weighted by atomic mass is 32.1. The fourth-order valence-electron chi connectivity index (χ4n) is 2.56. The molecule has 0 aliphatic carbocycles. The number of hydrogen-bond donors (Lipinski definition) is 1. The van der Waals surface area contributed by atoms with E-state index in [4.69, 9.17) is 0 Å². The first-order valence-corrected chi connectivity index (χ1v) is 7.05. The van der Waals surface area contributed by atoms with E-state index in [-0.39, 0.29) is 0 Å². The molecule has 1 aliphatic heterocycles. The minimum absolute atomic E-state index is 0.502. The fraction of sp³-hybridized carbons (Fsp3) is 0.750. The van der Waals surface area contributed by atoms with Crippen LogP contribution in [0.3, 0.4) is 0 Å². The van der Waals surface area contributed by atoms with Crippen molar-refractivity contribution in [2.24, 2.45) is 0 Å². The SMILES string of the molecule is CCN(C1CCCNC1)C(C)c1cncs1. The summed E-state index contributed by atoms with van der Waals surface area (Å²) in [4.78, 5) is 8.16. The molecule has 0 amide bonds. The van der Waals surface area contributed by atoms with Crippen molar-refractivity contribution >= 4 is 11.3 Å². The maximum atomic E-state index is 4.18. The van der Waals surface area contributed by atoms with Gasteiger partial charge in [-0.05, 0) is 32.9 Å². The highest BCUT2D eigenvalue weighted by Crippen LogP contribution is 2.26. The van der Waals surface area contributed by atoms with Crippen LogP contribution >= 0.6 is 11.3 Å². The van der Waals surface area contributed by atoms with Crippen LogP contribution in [0, 0.1) is 0 Å². The van der Waals surface area contributed by atoms with Gasteiger partial charge in [0.15, 0.2) is 0 Å². The molecule has 4 heteroatoms. The molecule has 1 fully saturated rings. The number of aromatic nitrogens is 1. The molecule has 2 rings (SSSR count). The predicted octanol–water partition coefficient (Wildman–Crippen LogP) is 2.28. The van der Waals surface area contributed by atoms with Gasteiger partial charge in [0.25, 0.3) is 0 Å². The summed E-state index contributed by atoms with van der Waals surface area (Å²) >= 11 is 1.77. The van der Waals surface area contributed by atoms with Gasteiger partial charge in [0, 0.05) is 29.7 Å². The van der Waals surface area contributed by atoms with E-state index in [9.17, 15) is 0 Å². The van der Waals surface area contributed by atoms with Crippen LogP contribution in [0.4, 0.5) is 0 Å². The molecule has 0 spiro atoms. The summed E-state index contributed by atoms with van der Waals surface area (Å²) in [6.45, 7) is 7.99. The standard InChI is InChI=1S/C12H21N3S/c1-3-15(11-5-4-6-13-7-11)10(2)12-8-14-9-16-12/h8-11,13H,3-7H2,1-2H3. The van der Waals surface area contributed by atoms with Crippen molar-refractivity contribution in [3.63, 3.8) is 0 Å². The monoisotopic (exact) mass is 239 g/mol. The van der Waals surface area contributed by atoms with E-state index in [1.54, 1.807) is 11.3 Å². The molecule has 2 heterocycles. The number of nitrogens with zero attached hydrogens (tertiary/aromatic N) is 2. The average Bonchev–Trinajstić information content (AvgIpc) is 2.85. The Balaban J connectivity index is 2.03. The Bertz CT molecular complexity index is 293. The molecule has 0 radical (unpaired) electrons. The van der Waals surface area contributed by atoms with Gasteiger partial charge in [0.2, 0.25) is 0 Å². The molecular formula is C12H21N3S. The van der Waals surface area contributed by atoms with E-state index in [1.165, 1.54) is 24.3 Å². The van der Waals surface area contributed by atoms with Gasteiger partial charge in [-0.25, -0.2) is 0 Å². The van der Waals surface area contributed by atoms with Crippen LogP contribution in [0.1, 0.15) is 37.6 Å². The lowest BCUT2D eigenvalue weighted by Crippen LogP contribution is -2.46. The summed E-state index contributed by atoms with van der Waals surface area (Å²) in [5, 5.41) is 3.50. The zero-order valence-electron chi connectivity index (χ0n) is 10.1. The molecule has 0 aromatic carbocycles. The molecule has 0 saturated carbocycles. The Kier molecular flexibility index (Phi) is 4.32. The second-order valence-corrected chi connectivity index (χ2v) is 5.33. The number of hydrogen-bond acceptors (Lipinski definition) is 4. The number of thiazole rings is 1. The topological polar surface area (TPSA) is 28.2 Å². The van der Waals surface area contributed by atoms with Gasteiger partial charge in [-0.2, -0.15) is 0 Å². The van der Waals surface area contributed by atoms with Crippen LogP contribution < -0.4 is 5.32 Å². The van der Waals surface area contributed by atoms with Crippen molar-refractivity contribution in [2.75, 3.05) is 19.6 Å². The second-order valence-electron chi connectivity index (χ2n) is 4.41. The number of likely N-dealkylation sites (N-methyl/N-ethyl adjacent to an activating group) is 1. The summed E-state index contributed by atoms with van der Waals surface area (Å²) in [7, 11) is 0. The highest BCUT2D eigenvalue weighted by molar-refractivity contribution is 7.09. The first kappa shape index (κ1) is 12.0. The third-order valence-electron chi connectivity index (χ3n) is 3.47. The van der Waals surface area contributed by atoms with Crippen LogP contribution in [0.25, 0.3) is 0 Å². The Morgan fingerprint density at radius 1 is 1.69 bits per heavy atom. The summed E-state index contributed by atoms with van der Waals surface area (Å²) in [6, 6.07) is 1.19. The molecule has 0 bridgehead atoms. The lowest BCUT2D eigenvalue weighted by Gasteiger charge is -2.37. The maximum Gasteiger partial charge on any atom is 0.0794 e. The second kappa shape index (κ2) is 5.75. The molecular weight excluding hydrogens is 218 g/mol. The van der Waals surface area contributed by atoms with Gasteiger partial charge in [-0.1, -0.05) is 6.92 Å².